The van der Waals surface area contributed by atoms with Crippen LogP contribution in [0.5, 0.6) is 11.5 Å². The third kappa shape index (κ3) is 4.82. The predicted octanol–water partition coefficient (Wildman–Crippen LogP) is 5.71. The van der Waals surface area contributed by atoms with E-state index in [-0.39, 0.29) is 11.4 Å². The smallest absolute Gasteiger partial charge is 0.290 e. The number of carbonyl (C=O) groups is 2. The van der Waals surface area contributed by atoms with E-state index in [1.54, 1.807) is 31.3 Å². The third-order valence-electron chi connectivity index (χ3n) is 6.30. The maximum absolute atomic E-state index is 13.4. The first kappa shape index (κ1) is 24.5. The van der Waals surface area contributed by atoms with E-state index in [4.69, 9.17) is 9.47 Å². The first-order valence-electron chi connectivity index (χ1n) is 11.5. The Balaban J connectivity index is 1.68. The van der Waals surface area contributed by atoms with Crippen LogP contribution in [0.25, 0.3) is 0 Å². The van der Waals surface area contributed by atoms with Crippen molar-refractivity contribution in [1.82, 2.24) is 4.90 Å². The van der Waals surface area contributed by atoms with Gasteiger partial charge in [-0.1, -0.05) is 50.2 Å². The summed E-state index contributed by atoms with van der Waals surface area (Å²) < 4.78 is 10.7. The van der Waals surface area contributed by atoms with Gasteiger partial charge in [0, 0.05) is 6.54 Å². The molecule has 2 aromatic carbocycles. The fraction of sp³-hybridized carbons (Fsp3) is 0.286. The van der Waals surface area contributed by atoms with Crippen LogP contribution in [0.4, 0.5) is 0 Å². The van der Waals surface area contributed by atoms with E-state index in [1.807, 2.05) is 47.8 Å². The molecular weight excluding hydrogens is 462 g/mol. The highest BCUT2D eigenvalue weighted by molar-refractivity contribution is 7.12. The van der Waals surface area contributed by atoms with Crippen LogP contribution in [-0.4, -0.2) is 42.5 Å². The van der Waals surface area contributed by atoms with Gasteiger partial charge in [0.2, 0.25) is 5.78 Å². The number of benzene rings is 2. The van der Waals surface area contributed by atoms with Crippen molar-refractivity contribution in [1.29, 1.82) is 0 Å². The molecule has 1 amide bonds. The maximum Gasteiger partial charge on any atom is 0.290 e. The molecule has 1 aliphatic rings. The van der Waals surface area contributed by atoms with Crippen LogP contribution >= 0.6 is 11.3 Å². The molecular formula is C28H29NO5S. The monoisotopic (exact) mass is 491 g/mol. The minimum atomic E-state index is -0.668. The van der Waals surface area contributed by atoms with Crippen LogP contribution in [-0.2, 0) is 11.2 Å². The Kier molecular flexibility index (Phi) is 7.26. The summed E-state index contributed by atoms with van der Waals surface area (Å²) in [5, 5.41) is 12.7. The van der Waals surface area contributed by atoms with Crippen molar-refractivity contribution in [2.24, 2.45) is 0 Å². The van der Waals surface area contributed by atoms with Crippen molar-refractivity contribution in [3.05, 3.63) is 92.9 Å². The highest BCUT2D eigenvalue weighted by Crippen LogP contribution is 2.40. The van der Waals surface area contributed by atoms with Crippen molar-refractivity contribution >= 4 is 23.0 Å². The fourth-order valence-corrected chi connectivity index (χ4v) is 5.03. The molecule has 3 aromatic rings. The zero-order valence-electron chi connectivity index (χ0n) is 20.3. The van der Waals surface area contributed by atoms with Crippen LogP contribution in [0.2, 0.25) is 0 Å². The largest absolute Gasteiger partial charge is 0.503 e. The number of aliphatic hydroxyl groups excluding tert-OH is 1. The summed E-state index contributed by atoms with van der Waals surface area (Å²) in [4.78, 5) is 28.7. The first-order chi connectivity index (χ1) is 16.8. The summed E-state index contributed by atoms with van der Waals surface area (Å²) in [6.45, 7) is 4.54. The number of nitrogens with zero attached hydrogens (tertiary/aromatic N) is 1. The van der Waals surface area contributed by atoms with Gasteiger partial charge in [-0.25, -0.2) is 0 Å². The van der Waals surface area contributed by atoms with Gasteiger partial charge in [0.05, 0.1) is 30.7 Å². The average molecular weight is 492 g/mol. The van der Waals surface area contributed by atoms with Gasteiger partial charge in [-0.3, -0.25) is 9.59 Å². The van der Waals surface area contributed by atoms with Crippen molar-refractivity contribution < 1.29 is 24.2 Å². The summed E-state index contributed by atoms with van der Waals surface area (Å²) in [6.07, 6.45) is 0.514. The predicted molar refractivity (Wildman–Crippen MR) is 137 cm³/mol. The summed E-state index contributed by atoms with van der Waals surface area (Å²) in [5.41, 5.74) is 3.03. The van der Waals surface area contributed by atoms with Gasteiger partial charge in [0.25, 0.3) is 5.91 Å². The van der Waals surface area contributed by atoms with Crippen molar-refractivity contribution in [3.63, 3.8) is 0 Å². The number of thiophene rings is 1. The molecule has 1 aliphatic heterocycles. The molecule has 0 bridgehead atoms. The van der Waals surface area contributed by atoms with E-state index < -0.39 is 17.7 Å². The molecule has 1 aromatic heterocycles. The van der Waals surface area contributed by atoms with E-state index in [9.17, 15) is 14.7 Å². The molecule has 0 unspecified atom stereocenters. The van der Waals surface area contributed by atoms with E-state index in [0.717, 1.165) is 16.7 Å². The minimum absolute atomic E-state index is 0.127. The fourth-order valence-electron chi connectivity index (χ4n) is 4.35. The number of rotatable bonds is 9. The zero-order chi connectivity index (χ0) is 25.1. The number of aliphatic hydroxyl groups is 1. The van der Waals surface area contributed by atoms with Crippen LogP contribution in [0, 0.1) is 0 Å². The molecule has 6 nitrogen and oxygen atoms in total. The molecule has 0 radical (unpaired) electrons. The van der Waals surface area contributed by atoms with E-state index in [1.165, 1.54) is 11.3 Å². The highest BCUT2D eigenvalue weighted by Gasteiger charge is 2.43. The van der Waals surface area contributed by atoms with Gasteiger partial charge < -0.3 is 19.5 Å². The number of hydrogen-bond donors (Lipinski definition) is 1. The second kappa shape index (κ2) is 10.4. The van der Waals surface area contributed by atoms with Gasteiger partial charge in [0.15, 0.2) is 17.3 Å². The second-order valence-electron chi connectivity index (χ2n) is 8.73. The van der Waals surface area contributed by atoms with Gasteiger partial charge in [0.1, 0.15) is 0 Å². The Labute approximate surface area is 209 Å². The molecule has 4 rings (SSSR count). The molecule has 0 saturated heterocycles. The summed E-state index contributed by atoms with van der Waals surface area (Å²) in [6, 6.07) is 16.3. The lowest BCUT2D eigenvalue weighted by atomic mass is 9.93. The van der Waals surface area contributed by atoms with Gasteiger partial charge in [-0.2, -0.15) is 0 Å². The molecule has 1 N–H and O–H groups in total. The summed E-state index contributed by atoms with van der Waals surface area (Å²) in [7, 11) is 3.16. The van der Waals surface area contributed by atoms with E-state index in [0.29, 0.717) is 35.3 Å². The van der Waals surface area contributed by atoms with Crippen LogP contribution in [0.3, 0.4) is 0 Å². The molecule has 0 fully saturated rings. The molecule has 7 heteroatoms. The van der Waals surface area contributed by atoms with Crippen LogP contribution in [0.15, 0.2) is 71.3 Å². The topological polar surface area (TPSA) is 76.1 Å². The zero-order valence-corrected chi connectivity index (χ0v) is 21.1. The quantitative estimate of drug-likeness (QED) is 0.388. The Hall–Kier alpha value is -3.58. The lowest BCUT2D eigenvalue weighted by Gasteiger charge is -2.27. The summed E-state index contributed by atoms with van der Waals surface area (Å²) in [5.74, 6) is 0.244. The van der Waals surface area contributed by atoms with E-state index >= 15 is 0 Å². The Morgan fingerprint density at radius 1 is 1.06 bits per heavy atom. The Morgan fingerprint density at radius 3 is 2.37 bits per heavy atom. The molecule has 35 heavy (non-hydrogen) atoms. The Morgan fingerprint density at radius 2 is 1.77 bits per heavy atom. The molecule has 1 atom stereocenters. The number of ether oxygens (including phenoxy) is 2. The standard InChI is InChI=1S/C28H29NO5S/c1-17(2)19-8-10-20(11-9-19)25-24(26(30)23-6-5-15-35-23)27(31)28(32)29(25)14-13-18-7-12-21(33-3)22(16-18)34-4/h5-12,15-17,25,31H,13-14H2,1-4H3/t25-/m1/s1. The average Bonchev–Trinajstić information content (AvgIpc) is 3.50. The van der Waals surface area contributed by atoms with Crippen molar-refractivity contribution in [3.8, 4) is 11.5 Å². The molecule has 0 spiro atoms. The Bertz CT molecular complexity index is 1240. The lowest BCUT2D eigenvalue weighted by Crippen LogP contribution is -2.33. The number of amides is 1. The number of methoxy groups -OCH3 is 2. The van der Waals surface area contributed by atoms with E-state index in [2.05, 4.69) is 13.8 Å². The summed E-state index contributed by atoms with van der Waals surface area (Å²) >= 11 is 1.29. The first-order valence-corrected chi connectivity index (χ1v) is 12.4. The molecule has 0 saturated carbocycles. The minimum Gasteiger partial charge on any atom is -0.503 e. The lowest BCUT2D eigenvalue weighted by molar-refractivity contribution is -0.129. The molecule has 0 aliphatic carbocycles. The highest BCUT2D eigenvalue weighted by atomic mass is 32.1. The van der Waals surface area contributed by atoms with Crippen molar-refractivity contribution in [2.45, 2.75) is 32.2 Å². The maximum atomic E-state index is 13.4. The number of carbonyl (C=O) groups excluding carboxylic acids is 2. The van der Waals surface area contributed by atoms with Gasteiger partial charge >= 0.3 is 0 Å². The van der Waals surface area contributed by atoms with Gasteiger partial charge in [-0.15, -0.1) is 11.3 Å². The molecule has 2 heterocycles. The third-order valence-corrected chi connectivity index (χ3v) is 7.17. The second-order valence-corrected chi connectivity index (χ2v) is 9.68. The number of ketones is 1. The van der Waals surface area contributed by atoms with Crippen molar-refractivity contribution in [2.75, 3.05) is 20.8 Å². The molecule has 182 valence electrons. The number of hydrogen-bond acceptors (Lipinski definition) is 6. The SMILES string of the molecule is COc1ccc(CCN2C(=O)C(O)=C(C(=O)c3cccs3)[C@H]2c2ccc(C(C)C)cc2)cc1OC. The number of Topliss-reactive ketones (excluding diaryl/α,β-unsaturated/α-hetero) is 1. The normalized spacial score (nSPS) is 15.7. The van der Waals surface area contributed by atoms with Crippen LogP contribution in [0.1, 0.15) is 52.2 Å². The van der Waals surface area contributed by atoms with Gasteiger partial charge in [-0.05, 0) is 52.6 Å². The van der Waals surface area contributed by atoms with Crippen LogP contribution < -0.4 is 9.47 Å².